The highest BCUT2D eigenvalue weighted by Crippen LogP contribution is 2.39. The van der Waals surface area contributed by atoms with Crippen LogP contribution in [0.5, 0.6) is 0 Å². The number of rotatable bonds is 5. The second-order valence-electron chi connectivity index (χ2n) is 7.79. The Hall–Kier alpha value is -3.06. The Morgan fingerprint density at radius 2 is 1.42 bits per heavy atom. The van der Waals surface area contributed by atoms with Gasteiger partial charge in [-0.3, -0.25) is 19.2 Å². The van der Waals surface area contributed by atoms with Crippen molar-refractivity contribution in [1.29, 1.82) is 0 Å². The molecule has 0 N–H and O–H groups in total. The normalized spacial score (nSPS) is 20.5. The van der Waals surface area contributed by atoms with E-state index >= 15 is 0 Å². The van der Waals surface area contributed by atoms with Gasteiger partial charge < -0.3 is 0 Å². The fourth-order valence-electron chi connectivity index (χ4n) is 4.22. The summed E-state index contributed by atoms with van der Waals surface area (Å²) in [5.74, 6) is -3.52. The molecule has 0 radical (unpaired) electrons. The average Bonchev–Trinajstić information content (AvgIpc) is 3.03. The van der Waals surface area contributed by atoms with Crippen molar-refractivity contribution < 1.29 is 23.6 Å². The summed E-state index contributed by atoms with van der Waals surface area (Å²) in [7, 11) is 0. The number of benzene rings is 2. The Morgan fingerprint density at radius 1 is 0.903 bits per heavy atom. The molecule has 0 spiro atoms. The van der Waals surface area contributed by atoms with Crippen molar-refractivity contribution in [3.8, 4) is 0 Å². The van der Waals surface area contributed by atoms with Gasteiger partial charge in [0, 0.05) is 16.1 Å². The van der Waals surface area contributed by atoms with Gasteiger partial charge in [-0.05, 0) is 61.4 Å². The summed E-state index contributed by atoms with van der Waals surface area (Å²) in [6.45, 7) is -0.524. The van der Waals surface area contributed by atoms with E-state index in [1.54, 1.807) is 0 Å². The van der Waals surface area contributed by atoms with Crippen molar-refractivity contribution in [2.45, 2.75) is 25.7 Å². The van der Waals surface area contributed by atoms with Crippen LogP contribution in [-0.4, -0.2) is 40.1 Å². The summed E-state index contributed by atoms with van der Waals surface area (Å²) in [6, 6.07) is 10.9. The minimum absolute atomic E-state index is 0.173. The van der Waals surface area contributed by atoms with Crippen LogP contribution in [0.2, 0.25) is 5.02 Å². The van der Waals surface area contributed by atoms with Crippen LogP contribution >= 0.6 is 11.6 Å². The van der Waals surface area contributed by atoms with Crippen molar-refractivity contribution >= 4 is 35.1 Å². The molecular weight excluding hydrogens is 423 g/mol. The Morgan fingerprint density at radius 3 is 1.97 bits per heavy atom. The molecule has 6 nitrogen and oxygen atoms in total. The molecule has 3 amide bonds. The Bertz CT molecular complexity index is 1010. The standard InChI is InChI=1S/C23H20ClFN2O4/c24-16-9-5-15(6-10-16)21(29)26(13-20(28)14-7-11-17(25)12-8-14)27-22(30)18-3-1-2-4-19(18)23(27)31/h5-12,18-19H,1-4,13H2/t18-,19-/m1/s1. The molecule has 0 unspecified atom stereocenters. The lowest BCUT2D eigenvalue weighted by Crippen LogP contribution is -2.52. The first-order valence-corrected chi connectivity index (χ1v) is 10.5. The van der Waals surface area contributed by atoms with Crippen molar-refractivity contribution in [2.75, 3.05) is 6.54 Å². The molecule has 8 heteroatoms. The fourth-order valence-corrected chi connectivity index (χ4v) is 4.35. The van der Waals surface area contributed by atoms with E-state index in [1.807, 2.05) is 0 Å². The minimum atomic E-state index is -0.660. The van der Waals surface area contributed by atoms with Gasteiger partial charge in [0.15, 0.2) is 5.78 Å². The van der Waals surface area contributed by atoms with Gasteiger partial charge in [-0.2, -0.15) is 5.01 Å². The van der Waals surface area contributed by atoms with E-state index in [2.05, 4.69) is 0 Å². The summed E-state index contributed by atoms with van der Waals surface area (Å²) in [5.41, 5.74) is 0.360. The van der Waals surface area contributed by atoms with E-state index < -0.39 is 47.7 Å². The lowest BCUT2D eigenvalue weighted by molar-refractivity contribution is -0.154. The number of carbonyl (C=O) groups excluding carboxylic acids is 4. The first-order valence-electron chi connectivity index (χ1n) is 10.1. The highest BCUT2D eigenvalue weighted by molar-refractivity contribution is 6.30. The third-order valence-corrected chi connectivity index (χ3v) is 6.10. The fraction of sp³-hybridized carbons (Fsp3) is 0.304. The van der Waals surface area contributed by atoms with E-state index in [0.717, 1.165) is 35.0 Å². The van der Waals surface area contributed by atoms with Gasteiger partial charge in [-0.15, -0.1) is 0 Å². The molecule has 2 fully saturated rings. The van der Waals surface area contributed by atoms with Crippen LogP contribution in [0.3, 0.4) is 0 Å². The van der Waals surface area contributed by atoms with Crippen LogP contribution in [0.4, 0.5) is 4.39 Å². The topological polar surface area (TPSA) is 74.8 Å². The second kappa shape index (κ2) is 8.59. The summed E-state index contributed by atoms with van der Waals surface area (Å²) in [4.78, 5) is 52.3. The molecule has 2 aromatic carbocycles. The highest BCUT2D eigenvalue weighted by Gasteiger charge is 2.51. The quantitative estimate of drug-likeness (QED) is 0.520. The van der Waals surface area contributed by atoms with Crippen molar-refractivity contribution in [2.24, 2.45) is 11.8 Å². The number of hydrogen-bond donors (Lipinski definition) is 0. The Kier molecular flexibility index (Phi) is 5.87. The number of hydrogen-bond acceptors (Lipinski definition) is 4. The van der Waals surface area contributed by atoms with E-state index in [0.29, 0.717) is 17.9 Å². The van der Waals surface area contributed by atoms with Gasteiger partial charge in [0.1, 0.15) is 12.4 Å². The van der Waals surface area contributed by atoms with Crippen LogP contribution in [0, 0.1) is 17.7 Å². The third-order valence-electron chi connectivity index (χ3n) is 5.84. The molecule has 1 aliphatic heterocycles. The molecule has 160 valence electrons. The molecule has 2 aliphatic rings. The number of ketones is 1. The van der Waals surface area contributed by atoms with Gasteiger partial charge in [0.05, 0.1) is 11.8 Å². The molecule has 1 saturated carbocycles. The number of halogens is 2. The number of carbonyl (C=O) groups is 4. The number of nitrogens with zero attached hydrogens (tertiary/aromatic N) is 2. The van der Waals surface area contributed by atoms with E-state index in [9.17, 15) is 23.6 Å². The lowest BCUT2D eigenvalue weighted by atomic mass is 9.81. The molecule has 4 rings (SSSR count). The zero-order valence-electron chi connectivity index (χ0n) is 16.6. The number of amides is 3. The molecule has 0 bridgehead atoms. The zero-order valence-corrected chi connectivity index (χ0v) is 17.3. The van der Waals surface area contributed by atoms with Crippen molar-refractivity contribution in [1.82, 2.24) is 10.0 Å². The van der Waals surface area contributed by atoms with Crippen LogP contribution in [0.15, 0.2) is 48.5 Å². The summed E-state index contributed by atoms with van der Waals surface area (Å²) in [5, 5.41) is 2.18. The first kappa shape index (κ1) is 21.2. The van der Waals surface area contributed by atoms with E-state index in [4.69, 9.17) is 11.6 Å². The maximum atomic E-state index is 13.3. The lowest BCUT2D eigenvalue weighted by Gasteiger charge is -2.30. The smallest absolute Gasteiger partial charge is 0.273 e. The highest BCUT2D eigenvalue weighted by atomic mass is 35.5. The molecule has 1 heterocycles. The van der Waals surface area contributed by atoms with Crippen molar-refractivity contribution in [3.05, 3.63) is 70.5 Å². The molecule has 1 aliphatic carbocycles. The molecule has 2 aromatic rings. The minimum Gasteiger partial charge on any atom is -0.292 e. The summed E-state index contributed by atoms with van der Waals surface area (Å²) in [6.07, 6.45) is 2.85. The third kappa shape index (κ3) is 4.10. The monoisotopic (exact) mass is 442 g/mol. The maximum Gasteiger partial charge on any atom is 0.273 e. The SMILES string of the molecule is O=C(CN(C(=O)c1ccc(Cl)cc1)N1C(=O)[C@@H]2CCCC[C@H]2C1=O)c1ccc(F)cc1. The second-order valence-corrected chi connectivity index (χ2v) is 8.22. The molecule has 0 aromatic heterocycles. The predicted octanol–water partition coefficient (Wildman–Crippen LogP) is 3.89. The van der Waals surface area contributed by atoms with Gasteiger partial charge in [0.2, 0.25) is 0 Å². The molecular formula is C23H20ClFN2O4. The Labute approximate surface area is 183 Å². The number of imide groups is 1. The van der Waals surface area contributed by atoms with Gasteiger partial charge in [-0.1, -0.05) is 24.4 Å². The maximum absolute atomic E-state index is 13.3. The average molecular weight is 443 g/mol. The number of Topliss-reactive ketones (excluding diaryl/α,β-unsaturated/α-hetero) is 1. The number of fused-ring (bicyclic) bond motifs is 1. The van der Waals surface area contributed by atoms with E-state index in [-0.39, 0.29) is 11.1 Å². The summed E-state index contributed by atoms with van der Waals surface area (Å²) >= 11 is 5.90. The van der Waals surface area contributed by atoms with Gasteiger partial charge in [0.25, 0.3) is 17.7 Å². The number of hydrazine groups is 1. The van der Waals surface area contributed by atoms with Crippen LogP contribution in [0.1, 0.15) is 46.4 Å². The first-order chi connectivity index (χ1) is 14.9. The van der Waals surface area contributed by atoms with Gasteiger partial charge in [-0.25, -0.2) is 9.40 Å². The van der Waals surface area contributed by atoms with Crippen LogP contribution in [0.25, 0.3) is 0 Å². The molecule has 31 heavy (non-hydrogen) atoms. The summed E-state index contributed by atoms with van der Waals surface area (Å²) < 4.78 is 13.2. The van der Waals surface area contributed by atoms with E-state index in [1.165, 1.54) is 36.4 Å². The van der Waals surface area contributed by atoms with Crippen LogP contribution in [-0.2, 0) is 9.59 Å². The predicted molar refractivity (Wildman–Crippen MR) is 111 cm³/mol. The van der Waals surface area contributed by atoms with Crippen molar-refractivity contribution in [3.63, 3.8) is 0 Å². The van der Waals surface area contributed by atoms with Crippen LogP contribution < -0.4 is 0 Å². The molecule has 2 atom stereocenters. The molecule has 1 saturated heterocycles. The Balaban J connectivity index is 1.68. The largest absolute Gasteiger partial charge is 0.292 e. The zero-order chi connectivity index (χ0) is 22.1. The van der Waals surface area contributed by atoms with Gasteiger partial charge >= 0.3 is 0 Å².